The molecule has 2 aromatic heterocycles. The smallest absolute Gasteiger partial charge is 0.282 e. The lowest BCUT2D eigenvalue weighted by molar-refractivity contribution is 0.00824. The molecule has 2 amide bonds. The van der Waals surface area contributed by atoms with E-state index >= 15 is 0 Å². The lowest BCUT2D eigenvalue weighted by Crippen LogP contribution is -2.64. The number of carbonyl (C=O) groups is 2. The molecular formula is C22H25N5O3S. The monoisotopic (exact) mass is 439 g/mol. The quantitative estimate of drug-likeness (QED) is 0.674. The summed E-state index contributed by atoms with van der Waals surface area (Å²) >= 11 is 1.38. The van der Waals surface area contributed by atoms with Gasteiger partial charge in [0.2, 0.25) is 0 Å². The third-order valence-corrected chi connectivity index (χ3v) is 7.13. The molecule has 2 fully saturated rings. The number of thiazole rings is 1. The SMILES string of the molecule is COc1cccc2c(C)c(C(=O)N3CC(N4CCN(C(=O)c5nccs5)CC4)C3)[nH]c12. The van der Waals surface area contributed by atoms with Gasteiger partial charge in [-0.15, -0.1) is 11.3 Å². The van der Waals surface area contributed by atoms with Gasteiger partial charge < -0.3 is 19.5 Å². The minimum absolute atomic E-state index is 0.0183. The largest absolute Gasteiger partial charge is 0.495 e. The molecule has 0 atom stereocenters. The Morgan fingerprint density at radius 1 is 1.13 bits per heavy atom. The van der Waals surface area contributed by atoms with Gasteiger partial charge in [0.05, 0.1) is 12.6 Å². The molecule has 0 bridgehead atoms. The molecule has 1 N–H and O–H groups in total. The molecule has 2 aliphatic rings. The summed E-state index contributed by atoms with van der Waals surface area (Å²) in [4.78, 5) is 39.1. The first kappa shape index (κ1) is 20.0. The number of benzene rings is 1. The summed E-state index contributed by atoms with van der Waals surface area (Å²) in [5.41, 5.74) is 2.46. The maximum Gasteiger partial charge on any atom is 0.282 e. The van der Waals surface area contributed by atoms with Crippen molar-refractivity contribution in [2.45, 2.75) is 13.0 Å². The zero-order valence-electron chi connectivity index (χ0n) is 17.6. The number of hydrogen-bond acceptors (Lipinski definition) is 6. The molecule has 0 unspecified atom stereocenters. The van der Waals surface area contributed by atoms with Crippen molar-refractivity contribution >= 4 is 34.1 Å². The molecule has 31 heavy (non-hydrogen) atoms. The third-order valence-electron chi connectivity index (χ3n) is 6.37. The molecule has 5 rings (SSSR count). The summed E-state index contributed by atoms with van der Waals surface area (Å²) in [6.07, 6.45) is 1.67. The van der Waals surface area contributed by atoms with Gasteiger partial charge in [0, 0.05) is 62.3 Å². The van der Waals surface area contributed by atoms with E-state index < -0.39 is 0 Å². The molecular weight excluding hydrogens is 414 g/mol. The Hall–Kier alpha value is -2.91. The highest BCUT2D eigenvalue weighted by atomic mass is 32.1. The van der Waals surface area contributed by atoms with E-state index in [0.717, 1.165) is 35.3 Å². The number of methoxy groups -OCH3 is 1. The zero-order valence-corrected chi connectivity index (χ0v) is 18.4. The van der Waals surface area contributed by atoms with Crippen molar-refractivity contribution in [3.8, 4) is 5.75 Å². The van der Waals surface area contributed by atoms with Gasteiger partial charge in [0.15, 0.2) is 5.01 Å². The Kier molecular flexibility index (Phi) is 5.15. The summed E-state index contributed by atoms with van der Waals surface area (Å²) in [5.74, 6) is 0.792. The maximum atomic E-state index is 13.1. The van der Waals surface area contributed by atoms with E-state index in [0.29, 0.717) is 42.9 Å². The fraction of sp³-hybridized carbons (Fsp3) is 0.409. The topological polar surface area (TPSA) is 81.8 Å². The number of amides is 2. The number of aryl methyl sites for hydroxylation is 1. The molecule has 162 valence electrons. The first-order valence-electron chi connectivity index (χ1n) is 10.4. The van der Waals surface area contributed by atoms with Crippen molar-refractivity contribution in [1.29, 1.82) is 0 Å². The molecule has 0 radical (unpaired) electrons. The second-order valence-electron chi connectivity index (χ2n) is 8.04. The number of hydrogen-bond donors (Lipinski definition) is 1. The number of H-pyrrole nitrogens is 1. The van der Waals surface area contributed by atoms with Crippen molar-refractivity contribution in [2.75, 3.05) is 46.4 Å². The van der Waals surface area contributed by atoms with E-state index in [-0.39, 0.29) is 11.8 Å². The summed E-state index contributed by atoms with van der Waals surface area (Å²) in [6.45, 7) is 6.45. The first-order valence-corrected chi connectivity index (χ1v) is 11.3. The molecule has 9 heteroatoms. The van der Waals surface area contributed by atoms with Crippen molar-refractivity contribution in [1.82, 2.24) is 24.7 Å². The van der Waals surface area contributed by atoms with E-state index in [1.807, 2.05) is 40.3 Å². The molecule has 0 saturated carbocycles. The number of aromatic nitrogens is 2. The number of fused-ring (bicyclic) bond motifs is 1. The van der Waals surface area contributed by atoms with Crippen molar-refractivity contribution in [2.24, 2.45) is 0 Å². The fourth-order valence-corrected chi connectivity index (χ4v) is 5.08. The Bertz CT molecular complexity index is 1110. The number of piperazine rings is 1. The second kappa shape index (κ2) is 7.97. The number of carbonyl (C=O) groups excluding carboxylic acids is 2. The maximum absolute atomic E-state index is 13.1. The highest BCUT2D eigenvalue weighted by molar-refractivity contribution is 7.11. The Morgan fingerprint density at radius 3 is 2.58 bits per heavy atom. The number of nitrogens with zero attached hydrogens (tertiary/aromatic N) is 4. The summed E-state index contributed by atoms with van der Waals surface area (Å²) in [7, 11) is 1.64. The van der Waals surface area contributed by atoms with Gasteiger partial charge in [-0.3, -0.25) is 14.5 Å². The van der Waals surface area contributed by atoms with Gasteiger partial charge in [0.25, 0.3) is 11.8 Å². The highest BCUT2D eigenvalue weighted by Crippen LogP contribution is 2.30. The Labute approximate surface area is 184 Å². The molecule has 1 aromatic carbocycles. The van der Waals surface area contributed by atoms with Crippen LogP contribution in [0.3, 0.4) is 0 Å². The van der Waals surface area contributed by atoms with Crippen LogP contribution in [0.2, 0.25) is 0 Å². The molecule has 4 heterocycles. The van der Waals surface area contributed by atoms with E-state index in [4.69, 9.17) is 4.74 Å². The number of para-hydroxylation sites is 1. The Morgan fingerprint density at radius 2 is 1.90 bits per heavy atom. The minimum Gasteiger partial charge on any atom is -0.495 e. The first-order chi connectivity index (χ1) is 15.1. The molecule has 0 aliphatic carbocycles. The number of aromatic amines is 1. The summed E-state index contributed by atoms with van der Waals surface area (Å²) in [5, 5.41) is 3.40. The summed E-state index contributed by atoms with van der Waals surface area (Å²) in [6, 6.07) is 6.19. The lowest BCUT2D eigenvalue weighted by Gasteiger charge is -2.48. The molecule has 3 aromatic rings. The van der Waals surface area contributed by atoms with Crippen LogP contribution in [-0.2, 0) is 0 Å². The van der Waals surface area contributed by atoms with E-state index in [1.165, 1.54) is 11.3 Å². The van der Waals surface area contributed by atoms with Crippen LogP contribution in [0, 0.1) is 6.92 Å². The van der Waals surface area contributed by atoms with Crippen LogP contribution in [0.4, 0.5) is 0 Å². The van der Waals surface area contributed by atoms with Crippen molar-refractivity contribution in [3.63, 3.8) is 0 Å². The van der Waals surface area contributed by atoms with Crippen molar-refractivity contribution < 1.29 is 14.3 Å². The average Bonchev–Trinajstić information content (AvgIpc) is 3.41. The second-order valence-corrected chi connectivity index (χ2v) is 8.93. The van der Waals surface area contributed by atoms with Crippen LogP contribution >= 0.6 is 11.3 Å². The predicted molar refractivity (Wildman–Crippen MR) is 119 cm³/mol. The van der Waals surface area contributed by atoms with Crippen LogP contribution in [0.25, 0.3) is 10.9 Å². The standard InChI is InChI=1S/C22H25N5O3S/c1-14-16-4-3-5-17(30-2)19(16)24-18(14)21(28)27-12-15(13-27)25-7-9-26(10-8-25)22(29)20-23-6-11-31-20/h3-6,11,15,24H,7-10,12-13H2,1-2H3. The number of likely N-dealkylation sites (tertiary alicyclic amines) is 1. The van der Waals surface area contributed by atoms with E-state index in [9.17, 15) is 9.59 Å². The highest BCUT2D eigenvalue weighted by Gasteiger charge is 2.38. The van der Waals surface area contributed by atoms with Crippen LogP contribution in [-0.4, -0.2) is 88.9 Å². The Balaban J connectivity index is 1.19. The van der Waals surface area contributed by atoms with Gasteiger partial charge in [-0.25, -0.2) is 4.98 Å². The van der Waals surface area contributed by atoms with Crippen molar-refractivity contribution in [3.05, 3.63) is 46.0 Å². The number of ether oxygens (including phenoxy) is 1. The fourth-order valence-electron chi connectivity index (χ4n) is 4.47. The number of nitrogens with one attached hydrogen (secondary N) is 1. The normalized spacial score (nSPS) is 17.7. The van der Waals surface area contributed by atoms with E-state index in [2.05, 4.69) is 14.9 Å². The van der Waals surface area contributed by atoms with Crippen LogP contribution in [0.1, 0.15) is 25.9 Å². The summed E-state index contributed by atoms with van der Waals surface area (Å²) < 4.78 is 5.43. The predicted octanol–water partition coefficient (Wildman–Crippen LogP) is 2.22. The van der Waals surface area contributed by atoms with Gasteiger partial charge in [-0.1, -0.05) is 12.1 Å². The molecule has 2 aliphatic heterocycles. The zero-order chi connectivity index (χ0) is 21.5. The van der Waals surface area contributed by atoms with Crippen LogP contribution < -0.4 is 4.74 Å². The van der Waals surface area contributed by atoms with Crippen LogP contribution in [0.15, 0.2) is 29.8 Å². The molecule has 2 saturated heterocycles. The third kappa shape index (κ3) is 3.47. The van der Waals surface area contributed by atoms with Gasteiger partial charge >= 0.3 is 0 Å². The average molecular weight is 440 g/mol. The van der Waals surface area contributed by atoms with Crippen LogP contribution in [0.5, 0.6) is 5.75 Å². The lowest BCUT2D eigenvalue weighted by atomic mass is 10.0. The van der Waals surface area contributed by atoms with Gasteiger partial charge in [-0.2, -0.15) is 0 Å². The minimum atomic E-state index is 0.0183. The molecule has 8 nitrogen and oxygen atoms in total. The van der Waals surface area contributed by atoms with E-state index in [1.54, 1.807) is 13.3 Å². The van der Waals surface area contributed by atoms with Gasteiger partial charge in [-0.05, 0) is 18.6 Å². The van der Waals surface area contributed by atoms with Gasteiger partial charge in [0.1, 0.15) is 11.4 Å². The number of rotatable bonds is 4. The molecule has 0 spiro atoms.